The number of carbonyl (C=O) groups excluding carboxylic acids is 1. The molecule has 1 aromatic carbocycles. The summed E-state index contributed by atoms with van der Waals surface area (Å²) in [4.78, 5) is 12.3. The first-order valence-electron chi connectivity index (χ1n) is 7.39. The molecular weight excluding hydrogens is 255 g/mol. The highest BCUT2D eigenvalue weighted by molar-refractivity contribution is 5.95. The summed E-state index contributed by atoms with van der Waals surface area (Å²) in [6.45, 7) is 3.76. The SMILES string of the molecule is CCC1CCCCC1NC(=O)c1cc(N)c(C)c(F)c1. The van der Waals surface area contributed by atoms with Crippen LogP contribution in [0.25, 0.3) is 0 Å². The van der Waals surface area contributed by atoms with Crippen LogP contribution in [0.3, 0.4) is 0 Å². The third-order valence-corrected chi connectivity index (χ3v) is 4.40. The molecule has 1 aromatic rings. The number of nitrogens with two attached hydrogens (primary N) is 1. The van der Waals surface area contributed by atoms with Crippen molar-refractivity contribution in [1.29, 1.82) is 0 Å². The summed E-state index contributed by atoms with van der Waals surface area (Å²) in [6, 6.07) is 3.02. The zero-order valence-electron chi connectivity index (χ0n) is 12.2. The lowest BCUT2D eigenvalue weighted by molar-refractivity contribution is 0.0904. The zero-order valence-corrected chi connectivity index (χ0v) is 12.2. The van der Waals surface area contributed by atoms with E-state index in [1.807, 2.05) is 0 Å². The first-order valence-corrected chi connectivity index (χ1v) is 7.39. The largest absolute Gasteiger partial charge is 0.398 e. The van der Waals surface area contributed by atoms with E-state index in [9.17, 15) is 9.18 Å². The second-order valence-corrected chi connectivity index (χ2v) is 5.71. The summed E-state index contributed by atoms with van der Waals surface area (Å²) in [5.41, 5.74) is 6.76. The standard InChI is InChI=1S/C16H23FN2O/c1-3-11-6-4-5-7-15(11)19-16(20)12-8-13(17)10(2)14(18)9-12/h8-9,11,15H,3-7,18H2,1-2H3,(H,19,20). The molecule has 3 N–H and O–H groups in total. The third-order valence-electron chi connectivity index (χ3n) is 4.40. The maximum absolute atomic E-state index is 13.7. The van der Waals surface area contributed by atoms with Crippen molar-refractivity contribution in [3.05, 3.63) is 29.1 Å². The third kappa shape index (κ3) is 3.11. The van der Waals surface area contributed by atoms with E-state index < -0.39 is 5.82 Å². The highest BCUT2D eigenvalue weighted by atomic mass is 19.1. The smallest absolute Gasteiger partial charge is 0.251 e. The number of nitrogen functional groups attached to an aromatic ring is 1. The monoisotopic (exact) mass is 278 g/mol. The molecule has 1 aliphatic rings. The van der Waals surface area contributed by atoms with E-state index in [0.717, 1.165) is 25.7 Å². The lowest BCUT2D eigenvalue weighted by atomic mass is 9.83. The summed E-state index contributed by atoms with van der Waals surface area (Å²) in [6.07, 6.45) is 5.61. The van der Waals surface area contributed by atoms with Gasteiger partial charge in [0, 0.05) is 22.9 Å². The van der Waals surface area contributed by atoms with Crippen LogP contribution < -0.4 is 11.1 Å². The van der Waals surface area contributed by atoms with Crippen molar-refractivity contribution in [2.45, 2.75) is 52.0 Å². The topological polar surface area (TPSA) is 55.1 Å². The van der Waals surface area contributed by atoms with Crippen molar-refractivity contribution in [2.24, 2.45) is 5.92 Å². The summed E-state index contributed by atoms with van der Waals surface area (Å²) in [7, 11) is 0. The van der Waals surface area contributed by atoms with Crippen LogP contribution in [0.15, 0.2) is 12.1 Å². The van der Waals surface area contributed by atoms with Crippen LogP contribution >= 0.6 is 0 Å². The van der Waals surface area contributed by atoms with Gasteiger partial charge in [0.2, 0.25) is 0 Å². The van der Waals surface area contributed by atoms with Gasteiger partial charge in [-0.25, -0.2) is 4.39 Å². The Labute approximate surface area is 119 Å². The Morgan fingerprint density at radius 1 is 1.40 bits per heavy atom. The van der Waals surface area contributed by atoms with Crippen LogP contribution in [-0.2, 0) is 0 Å². The number of benzene rings is 1. The molecule has 0 heterocycles. The molecule has 0 saturated heterocycles. The molecule has 2 rings (SSSR count). The Morgan fingerprint density at radius 2 is 2.10 bits per heavy atom. The van der Waals surface area contributed by atoms with E-state index in [1.165, 1.54) is 12.5 Å². The molecule has 0 aliphatic heterocycles. The van der Waals surface area contributed by atoms with Gasteiger partial charge in [-0.3, -0.25) is 4.79 Å². The summed E-state index contributed by atoms with van der Waals surface area (Å²) in [5, 5.41) is 3.05. The molecule has 2 unspecified atom stereocenters. The minimum absolute atomic E-state index is 0.201. The van der Waals surface area contributed by atoms with Gasteiger partial charge >= 0.3 is 0 Å². The molecule has 0 bridgehead atoms. The Bertz CT molecular complexity index is 478. The number of halogens is 1. The predicted octanol–water partition coefficient (Wildman–Crippen LogP) is 3.41. The van der Waals surface area contributed by atoms with Gasteiger partial charge in [0.15, 0.2) is 0 Å². The average molecular weight is 278 g/mol. The molecule has 110 valence electrons. The van der Waals surface area contributed by atoms with Gasteiger partial charge in [-0.15, -0.1) is 0 Å². The highest BCUT2D eigenvalue weighted by Crippen LogP contribution is 2.27. The Morgan fingerprint density at radius 3 is 2.75 bits per heavy atom. The number of amides is 1. The first-order chi connectivity index (χ1) is 9.52. The Hall–Kier alpha value is -1.58. The fraction of sp³-hybridized carbons (Fsp3) is 0.562. The number of nitrogens with one attached hydrogen (secondary N) is 1. The summed E-state index contributed by atoms with van der Waals surface area (Å²) in [5.74, 6) is -0.118. The molecule has 1 amide bonds. The van der Waals surface area contributed by atoms with E-state index in [2.05, 4.69) is 12.2 Å². The minimum atomic E-state index is -0.425. The minimum Gasteiger partial charge on any atom is -0.398 e. The highest BCUT2D eigenvalue weighted by Gasteiger charge is 2.25. The zero-order chi connectivity index (χ0) is 14.7. The molecular formula is C16H23FN2O. The van der Waals surface area contributed by atoms with Crippen molar-refractivity contribution in [3.8, 4) is 0 Å². The van der Waals surface area contributed by atoms with Crippen LogP contribution in [0.4, 0.5) is 10.1 Å². The van der Waals surface area contributed by atoms with Gasteiger partial charge in [-0.05, 0) is 37.8 Å². The maximum Gasteiger partial charge on any atom is 0.251 e. The fourth-order valence-corrected chi connectivity index (χ4v) is 2.97. The van der Waals surface area contributed by atoms with Gasteiger partial charge < -0.3 is 11.1 Å². The van der Waals surface area contributed by atoms with Crippen molar-refractivity contribution in [2.75, 3.05) is 5.73 Å². The van der Waals surface area contributed by atoms with Crippen LogP contribution in [0, 0.1) is 18.7 Å². The fourth-order valence-electron chi connectivity index (χ4n) is 2.97. The average Bonchev–Trinajstić information content (AvgIpc) is 2.44. The van der Waals surface area contributed by atoms with Crippen molar-refractivity contribution < 1.29 is 9.18 Å². The lowest BCUT2D eigenvalue weighted by Gasteiger charge is -2.31. The first kappa shape index (κ1) is 14.8. The van der Waals surface area contributed by atoms with Crippen molar-refractivity contribution in [1.82, 2.24) is 5.32 Å². The number of anilines is 1. The molecule has 2 atom stereocenters. The van der Waals surface area contributed by atoms with Crippen LogP contribution in [0.2, 0.25) is 0 Å². The van der Waals surface area contributed by atoms with E-state index in [4.69, 9.17) is 5.73 Å². The Kier molecular flexibility index (Phi) is 4.63. The van der Waals surface area contributed by atoms with Crippen LogP contribution in [-0.4, -0.2) is 11.9 Å². The quantitative estimate of drug-likeness (QED) is 0.832. The second-order valence-electron chi connectivity index (χ2n) is 5.71. The van der Waals surface area contributed by atoms with Gasteiger partial charge in [0.05, 0.1) is 0 Å². The molecule has 1 aliphatic carbocycles. The second kappa shape index (κ2) is 6.25. The molecule has 1 saturated carbocycles. The van der Waals surface area contributed by atoms with E-state index in [0.29, 0.717) is 22.7 Å². The van der Waals surface area contributed by atoms with E-state index >= 15 is 0 Å². The normalized spacial score (nSPS) is 22.6. The van der Waals surface area contributed by atoms with Crippen LogP contribution in [0.5, 0.6) is 0 Å². The molecule has 3 nitrogen and oxygen atoms in total. The molecule has 0 spiro atoms. The van der Waals surface area contributed by atoms with Crippen LogP contribution in [0.1, 0.15) is 54.9 Å². The number of hydrogen-bond donors (Lipinski definition) is 2. The van der Waals surface area contributed by atoms with Crippen molar-refractivity contribution >= 4 is 11.6 Å². The van der Waals surface area contributed by atoms with E-state index in [1.54, 1.807) is 13.0 Å². The number of hydrogen-bond acceptors (Lipinski definition) is 2. The van der Waals surface area contributed by atoms with Gasteiger partial charge in [0.25, 0.3) is 5.91 Å². The maximum atomic E-state index is 13.7. The molecule has 4 heteroatoms. The lowest BCUT2D eigenvalue weighted by Crippen LogP contribution is -2.42. The molecule has 0 aromatic heterocycles. The number of rotatable bonds is 3. The Balaban J connectivity index is 2.11. The molecule has 1 fully saturated rings. The van der Waals surface area contributed by atoms with Gasteiger partial charge in [0.1, 0.15) is 5.82 Å². The summed E-state index contributed by atoms with van der Waals surface area (Å²) >= 11 is 0. The summed E-state index contributed by atoms with van der Waals surface area (Å²) < 4.78 is 13.7. The number of carbonyl (C=O) groups is 1. The van der Waals surface area contributed by atoms with Crippen molar-refractivity contribution in [3.63, 3.8) is 0 Å². The molecule has 20 heavy (non-hydrogen) atoms. The molecule has 0 radical (unpaired) electrons. The predicted molar refractivity (Wildman–Crippen MR) is 79.1 cm³/mol. The van der Waals surface area contributed by atoms with Gasteiger partial charge in [-0.1, -0.05) is 26.2 Å². The van der Waals surface area contributed by atoms with E-state index in [-0.39, 0.29) is 11.9 Å². The van der Waals surface area contributed by atoms with Gasteiger partial charge in [-0.2, -0.15) is 0 Å².